The van der Waals surface area contributed by atoms with Crippen LogP contribution in [0.15, 0.2) is 0 Å². The monoisotopic (exact) mass is 239 g/mol. The summed E-state index contributed by atoms with van der Waals surface area (Å²) in [6, 6.07) is 0.323. The van der Waals surface area contributed by atoms with Crippen molar-refractivity contribution in [3.05, 3.63) is 0 Å². The molecular weight excluding hydrogens is 218 g/mol. The van der Waals surface area contributed by atoms with Crippen LogP contribution in [0.5, 0.6) is 0 Å². The maximum atomic E-state index is 12.0. The van der Waals surface area contributed by atoms with Crippen LogP contribution in [-0.2, 0) is 9.59 Å². The molecule has 0 radical (unpaired) electrons. The molecule has 0 aromatic carbocycles. The molecule has 2 heterocycles. The second-order valence-electron chi connectivity index (χ2n) is 5.08. The number of primary amides is 1. The van der Waals surface area contributed by atoms with E-state index in [0.29, 0.717) is 25.6 Å². The summed E-state index contributed by atoms with van der Waals surface area (Å²) in [4.78, 5) is 24.8. The molecule has 0 aliphatic carbocycles. The number of hydrogen-bond donors (Lipinski definition) is 2. The fraction of sp³-hybridized carbons (Fsp3) is 0.833. The molecule has 0 saturated carbocycles. The molecule has 3 N–H and O–H groups in total. The van der Waals surface area contributed by atoms with Crippen molar-refractivity contribution in [3.8, 4) is 0 Å². The van der Waals surface area contributed by atoms with Crippen LogP contribution in [0, 0.1) is 5.92 Å². The minimum atomic E-state index is -0.281. The van der Waals surface area contributed by atoms with Gasteiger partial charge in [-0.05, 0) is 25.8 Å². The van der Waals surface area contributed by atoms with Gasteiger partial charge in [-0.2, -0.15) is 0 Å². The molecule has 0 spiro atoms. The van der Waals surface area contributed by atoms with E-state index in [-0.39, 0.29) is 17.7 Å². The van der Waals surface area contributed by atoms with Crippen molar-refractivity contribution >= 4 is 11.8 Å². The first-order valence-electron chi connectivity index (χ1n) is 6.47. The Labute approximate surface area is 102 Å². The number of amides is 2. The summed E-state index contributed by atoms with van der Waals surface area (Å²) in [5.74, 6) is -0.262. The van der Waals surface area contributed by atoms with E-state index in [1.165, 1.54) is 12.8 Å². The molecule has 5 nitrogen and oxygen atoms in total. The maximum absolute atomic E-state index is 12.0. The highest BCUT2D eigenvalue weighted by Crippen LogP contribution is 2.18. The zero-order valence-electron chi connectivity index (χ0n) is 10.2. The smallest absolute Gasteiger partial charge is 0.224 e. The van der Waals surface area contributed by atoms with Gasteiger partial charge < -0.3 is 16.0 Å². The standard InChI is InChI=1S/C12H21N3O2/c13-12(17)9-4-6-15(8-9)11(16)7-10-3-1-2-5-14-10/h9-10,14H,1-8H2,(H2,13,17). The Balaban J connectivity index is 1.78. The Hall–Kier alpha value is -1.10. The quantitative estimate of drug-likeness (QED) is 0.719. The highest BCUT2D eigenvalue weighted by Gasteiger charge is 2.30. The summed E-state index contributed by atoms with van der Waals surface area (Å²) in [6.07, 6.45) is 4.77. The average molecular weight is 239 g/mol. The van der Waals surface area contributed by atoms with Crippen LogP contribution in [0.2, 0.25) is 0 Å². The second kappa shape index (κ2) is 5.49. The van der Waals surface area contributed by atoms with Crippen molar-refractivity contribution in [1.29, 1.82) is 0 Å². The van der Waals surface area contributed by atoms with Crippen molar-refractivity contribution in [2.24, 2.45) is 11.7 Å². The van der Waals surface area contributed by atoms with Crippen LogP contribution in [-0.4, -0.2) is 42.4 Å². The van der Waals surface area contributed by atoms with Gasteiger partial charge in [0.25, 0.3) is 0 Å². The number of rotatable bonds is 3. The van der Waals surface area contributed by atoms with Gasteiger partial charge in [-0.25, -0.2) is 0 Å². The number of piperidine rings is 1. The molecule has 2 rings (SSSR count). The number of likely N-dealkylation sites (tertiary alicyclic amines) is 1. The lowest BCUT2D eigenvalue weighted by molar-refractivity contribution is -0.131. The summed E-state index contributed by atoms with van der Waals surface area (Å²) in [6.45, 7) is 2.21. The average Bonchev–Trinajstić information content (AvgIpc) is 2.79. The van der Waals surface area contributed by atoms with Gasteiger partial charge in [0.05, 0.1) is 5.92 Å². The molecule has 2 amide bonds. The lowest BCUT2D eigenvalue weighted by atomic mass is 10.0. The van der Waals surface area contributed by atoms with Crippen LogP contribution in [0.4, 0.5) is 0 Å². The fourth-order valence-electron chi connectivity index (χ4n) is 2.66. The van der Waals surface area contributed by atoms with Gasteiger partial charge >= 0.3 is 0 Å². The maximum Gasteiger partial charge on any atom is 0.224 e. The van der Waals surface area contributed by atoms with E-state index in [1.54, 1.807) is 4.90 Å². The van der Waals surface area contributed by atoms with Gasteiger partial charge in [-0.15, -0.1) is 0 Å². The first kappa shape index (κ1) is 12.4. The molecule has 96 valence electrons. The van der Waals surface area contributed by atoms with E-state index >= 15 is 0 Å². The van der Waals surface area contributed by atoms with Gasteiger partial charge in [0, 0.05) is 25.6 Å². The van der Waals surface area contributed by atoms with E-state index in [4.69, 9.17) is 5.73 Å². The number of carbonyl (C=O) groups excluding carboxylic acids is 2. The summed E-state index contributed by atoms with van der Waals surface area (Å²) >= 11 is 0. The van der Waals surface area contributed by atoms with Crippen molar-refractivity contribution < 1.29 is 9.59 Å². The normalized spacial score (nSPS) is 29.3. The molecule has 2 aliphatic rings. The van der Waals surface area contributed by atoms with Crippen LogP contribution in [0.1, 0.15) is 32.1 Å². The van der Waals surface area contributed by atoms with Gasteiger partial charge in [-0.3, -0.25) is 9.59 Å². The summed E-state index contributed by atoms with van der Waals surface area (Å²) < 4.78 is 0. The SMILES string of the molecule is NC(=O)C1CCN(C(=O)CC2CCCCN2)C1. The Bertz CT molecular complexity index is 300. The van der Waals surface area contributed by atoms with Crippen molar-refractivity contribution in [3.63, 3.8) is 0 Å². The lowest BCUT2D eigenvalue weighted by Crippen LogP contribution is -2.40. The molecule has 2 saturated heterocycles. The molecule has 2 atom stereocenters. The number of nitrogens with one attached hydrogen (secondary N) is 1. The second-order valence-corrected chi connectivity index (χ2v) is 5.08. The zero-order valence-corrected chi connectivity index (χ0v) is 10.2. The molecule has 2 aliphatic heterocycles. The molecule has 17 heavy (non-hydrogen) atoms. The predicted octanol–water partition coefficient (Wildman–Crippen LogP) is -0.148. The first-order chi connectivity index (χ1) is 8.16. The molecule has 0 bridgehead atoms. The van der Waals surface area contributed by atoms with Gasteiger partial charge in [0.1, 0.15) is 0 Å². The molecule has 2 unspecified atom stereocenters. The summed E-state index contributed by atoms with van der Waals surface area (Å²) in [5, 5.41) is 3.37. The number of nitrogens with zero attached hydrogens (tertiary/aromatic N) is 1. The predicted molar refractivity (Wildman–Crippen MR) is 64.1 cm³/mol. The van der Waals surface area contributed by atoms with Crippen molar-refractivity contribution in [2.45, 2.75) is 38.1 Å². The van der Waals surface area contributed by atoms with E-state index in [2.05, 4.69) is 5.32 Å². The lowest BCUT2D eigenvalue weighted by Gasteiger charge is -2.25. The minimum absolute atomic E-state index is 0.140. The fourth-order valence-corrected chi connectivity index (χ4v) is 2.66. The highest BCUT2D eigenvalue weighted by atomic mass is 16.2. The Morgan fingerprint density at radius 3 is 2.71 bits per heavy atom. The Morgan fingerprint density at radius 2 is 2.12 bits per heavy atom. The highest BCUT2D eigenvalue weighted by molar-refractivity contribution is 5.81. The van der Waals surface area contributed by atoms with Crippen LogP contribution < -0.4 is 11.1 Å². The summed E-state index contributed by atoms with van der Waals surface area (Å²) in [7, 11) is 0. The Kier molecular flexibility index (Phi) is 3.99. The first-order valence-corrected chi connectivity index (χ1v) is 6.47. The van der Waals surface area contributed by atoms with Gasteiger partial charge in [-0.1, -0.05) is 6.42 Å². The van der Waals surface area contributed by atoms with Crippen molar-refractivity contribution in [1.82, 2.24) is 10.2 Å². The summed E-state index contributed by atoms with van der Waals surface area (Å²) in [5.41, 5.74) is 5.26. The zero-order chi connectivity index (χ0) is 12.3. The van der Waals surface area contributed by atoms with Gasteiger partial charge in [0.2, 0.25) is 11.8 Å². The van der Waals surface area contributed by atoms with E-state index in [1.807, 2.05) is 0 Å². The Morgan fingerprint density at radius 1 is 1.29 bits per heavy atom. The van der Waals surface area contributed by atoms with Gasteiger partial charge in [0.15, 0.2) is 0 Å². The third-order valence-electron chi connectivity index (χ3n) is 3.78. The number of carbonyl (C=O) groups is 2. The molecule has 2 fully saturated rings. The number of nitrogens with two attached hydrogens (primary N) is 1. The van der Waals surface area contributed by atoms with E-state index in [0.717, 1.165) is 19.4 Å². The third kappa shape index (κ3) is 3.19. The molecule has 0 aromatic rings. The van der Waals surface area contributed by atoms with Crippen molar-refractivity contribution in [2.75, 3.05) is 19.6 Å². The molecular formula is C12H21N3O2. The molecule has 5 heteroatoms. The largest absolute Gasteiger partial charge is 0.369 e. The third-order valence-corrected chi connectivity index (χ3v) is 3.78. The van der Waals surface area contributed by atoms with Crippen LogP contribution in [0.3, 0.4) is 0 Å². The topological polar surface area (TPSA) is 75.4 Å². The van der Waals surface area contributed by atoms with E-state index < -0.39 is 0 Å². The number of hydrogen-bond acceptors (Lipinski definition) is 3. The van der Waals surface area contributed by atoms with E-state index in [9.17, 15) is 9.59 Å². The van der Waals surface area contributed by atoms with Crippen LogP contribution >= 0.6 is 0 Å². The van der Waals surface area contributed by atoms with Crippen LogP contribution in [0.25, 0.3) is 0 Å². The minimum Gasteiger partial charge on any atom is -0.369 e. The molecule has 0 aromatic heterocycles.